The van der Waals surface area contributed by atoms with Crippen molar-refractivity contribution >= 4 is 11.6 Å². The number of aromatic nitrogens is 4. The number of hydrogen-bond acceptors (Lipinski definition) is 5. The highest BCUT2D eigenvalue weighted by Crippen LogP contribution is 2.20. The van der Waals surface area contributed by atoms with Crippen LogP contribution in [0.1, 0.15) is 30.3 Å². The zero-order valence-corrected chi connectivity index (χ0v) is 12.6. The number of hydrogen-bond donors (Lipinski definition) is 2. The minimum atomic E-state index is 0.707. The van der Waals surface area contributed by atoms with E-state index in [9.17, 15) is 0 Å². The van der Waals surface area contributed by atoms with Gasteiger partial charge in [-0.25, -0.2) is 9.97 Å². The van der Waals surface area contributed by atoms with Crippen LogP contribution in [0.3, 0.4) is 0 Å². The average molecular weight is 274 g/mol. The van der Waals surface area contributed by atoms with E-state index in [0.717, 1.165) is 41.6 Å². The molecule has 0 aliphatic heterocycles. The van der Waals surface area contributed by atoms with Crippen LogP contribution in [0.25, 0.3) is 0 Å². The van der Waals surface area contributed by atoms with E-state index in [1.807, 2.05) is 33.3 Å². The number of anilines is 2. The molecule has 2 heterocycles. The average Bonchev–Trinajstić information content (AvgIpc) is 2.83. The summed E-state index contributed by atoms with van der Waals surface area (Å²) in [7, 11) is 1.91. The molecule has 0 aliphatic rings. The molecule has 6 heteroatoms. The van der Waals surface area contributed by atoms with Crippen molar-refractivity contribution in [3.8, 4) is 0 Å². The second-order valence-electron chi connectivity index (χ2n) is 4.90. The summed E-state index contributed by atoms with van der Waals surface area (Å²) in [5.74, 6) is 2.55. The highest BCUT2D eigenvalue weighted by molar-refractivity contribution is 5.57. The smallest absolute Gasteiger partial charge is 0.135 e. The van der Waals surface area contributed by atoms with Gasteiger partial charge in [-0.2, -0.15) is 5.10 Å². The van der Waals surface area contributed by atoms with Crippen LogP contribution < -0.4 is 10.6 Å². The topological polar surface area (TPSA) is 67.7 Å². The van der Waals surface area contributed by atoms with Crippen LogP contribution in [0.2, 0.25) is 0 Å². The molecule has 0 aliphatic carbocycles. The maximum Gasteiger partial charge on any atom is 0.135 e. The van der Waals surface area contributed by atoms with E-state index < -0.39 is 0 Å². The molecule has 2 aromatic rings. The summed E-state index contributed by atoms with van der Waals surface area (Å²) in [6, 6.07) is 0. The molecular formula is C14H22N6. The van der Waals surface area contributed by atoms with Gasteiger partial charge in [0.05, 0.1) is 6.20 Å². The minimum Gasteiger partial charge on any atom is -0.370 e. The molecule has 108 valence electrons. The van der Waals surface area contributed by atoms with Gasteiger partial charge in [0.1, 0.15) is 17.5 Å². The van der Waals surface area contributed by atoms with Crippen molar-refractivity contribution in [2.75, 3.05) is 17.2 Å². The van der Waals surface area contributed by atoms with Gasteiger partial charge in [-0.3, -0.25) is 4.68 Å². The highest BCUT2D eigenvalue weighted by Gasteiger charge is 2.08. The fourth-order valence-electron chi connectivity index (χ4n) is 1.97. The third kappa shape index (κ3) is 3.46. The van der Waals surface area contributed by atoms with Gasteiger partial charge in [0.15, 0.2) is 0 Å². The molecule has 0 radical (unpaired) electrons. The lowest BCUT2D eigenvalue weighted by atomic mass is 10.2. The maximum atomic E-state index is 4.47. The molecule has 2 N–H and O–H groups in total. The van der Waals surface area contributed by atoms with Crippen LogP contribution in [0.4, 0.5) is 11.6 Å². The predicted octanol–water partition coefficient (Wildman–Crippen LogP) is 2.26. The molecular weight excluding hydrogens is 252 g/mol. The molecule has 0 bridgehead atoms. The fraction of sp³-hybridized carbons (Fsp3) is 0.500. The van der Waals surface area contributed by atoms with Gasteiger partial charge >= 0.3 is 0 Å². The lowest BCUT2D eigenvalue weighted by molar-refractivity contribution is 0.767. The van der Waals surface area contributed by atoms with Crippen molar-refractivity contribution in [1.82, 2.24) is 19.7 Å². The van der Waals surface area contributed by atoms with Gasteiger partial charge in [-0.15, -0.1) is 0 Å². The van der Waals surface area contributed by atoms with E-state index in [1.165, 1.54) is 0 Å². The summed E-state index contributed by atoms with van der Waals surface area (Å²) in [4.78, 5) is 8.93. The Hall–Kier alpha value is -2.11. The van der Waals surface area contributed by atoms with Crippen molar-refractivity contribution < 1.29 is 0 Å². The van der Waals surface area contributed by atoms with Gasteiger partial charge in [0, 0.05) is 37.5 Å². The third-order valence-corrected chi connectivity index (χ3v) is 3.02. The molecule has 2 aromatic heterocycles. The normalized spacial score (nSPS) is 10.6. The lowest BCUT2D eigenvalue weighted by Gasteiger charge is -2.13. The van der Waals surface area contributed by atoms with Gasteiger partial charge in [0.2, 0.25) is 0 Å². The van der Waals surface area contributed by atoms with Crippen LogP contribution in [0, 0.1) is 13.8 Å². The van der Waals surface area contributed by atoms with Crippen LogP contribution in [0.5, 0.6) is 0 Å². The van der Waals surface area contributed by atoms with E-state index >= 15 is 0 Å². The second-order valence-corrected chi connectivity index (χ2v) is 4.90. The monoisotopic (exact) mass is 274 g/mol. The first-order valence-corrected chi connectivity index (χ1v) is 6.90. The van der Waals surface area contributed by atoms with E-state index in [2.05, 4.69) is 32.6 Å². The fourth-order valence-corrected chi connectivity index (χ4v) is 1.97. The van der Waals surface area contributed by atoms with Crippen molar-refractivity contribution in [3.05, 3.63) is 29.3 Å². The summed E-state index contributed by atoms with van der Waals surface area (Å²) in [5.41, 5.74) is 2.18. The molecule has 0 amide bonds. The van der Waals surface area contributed by atoms with Gasteiger partial charge in [-0.1, -0.05) is 6.92 Å². The first kappa shape index (κ1) is 14.3. The molecule has 0 saturated carbocycles. The van der Waals surface area contributed by atoms with Crippen molar-refractivity contribution in [3.63, 3.8) is 0 Å². The van der Waals surface area contributed by atoms with Crippen LogP contribution in [-0.2, 0) is 13.6 Å². The van der Waals surface area contributed by atoms with Crippen molar-refractivity contribution in [1.29, 1.82) is 0 Å². The van der Waals surface area contributed by atoms with E-state index in [1.54, 1.807) is 4.68 Å². The SMILES string of the molecule is CCCNc1nc(C)nc(NCc2cnn(C)c2)c1C. The first-order chi connectivity index (χ1) is 9.60. The molecule has 0 spiro atoms. The summed E-state index contributed by atoms with van der Waals surface area (Å²) >= 11 is 0. The molecule has 0 unspecified atom stereocenters. The zero-order valence-electron chi connectivity index (χ0n) is 12.6. The Morgan fingerprint density at radius 3 is 2.45 bits per heavy atom. The molecule has 0 aromatic carbocycles. The molecule has 0 saturated heterocycles. The number of nitrogens with one attached hydrogen (secondary N) is 2. The highest BCUT2D eigenvalue weighted by atomic mass is 15.2. The Bertz CT molecular complexity index is 575. The van der Waals surface area contributed by atoms with Crippen molar-refractivity contribution in [2.45, 2.75) is 33.7 Å². The third-order valence-electron chi connectivity index (χ3n) is 3.02. The Morgan fingerprint density at radius 1 is 1.15 bits per heavy atom. The van der Waals surface area contributed by atoms with Gasteiger partial charge in [0.25, 0.3) is 0 Å². The zero-order chi connectivity index (χ0) is 14.5. The largest absolute Gasteiger partial charge is 0.370 e. The Kier molecular flexibility index (Phi) is 4.55. The predicted molar refractivity (Wildman–Crippen MR) is 80.8 cm³/mol. The second kappa shape index (κ2) is 6.36. The first-order valence-electron chi connectivity index (χ1n) is 6.90. The minimum absolute atomic E-state index is 0.707. The Labute approximate surface area is 119 Å². The molecule has 0 atom stereocenters. The molecule has 2 rings (SSSR count). The number of nitrogens with zero attached hydrogens (tertiary/aromatic N) is 4. The number of rotatable bonds is 6. The standard InChI is InChI=1S/C14H22N6/c1-5-6-15-13-10(2)14(19-11(3)18-13)16-7-12-8-17-20(4)9-12/h8-9H,5-7H2,1-4H3,(H2,15,16,18,19). The Morgan fingerprint density at radius 2 is 1.85 bits per heavy atom. The van der Waals surface area contributed by atoms with Crippen molar-refractivity contribution in [2.24, 2.45) is 7.05 Å². The van der Waals surface area contributed by atoms with E-state index in [4.69, 9.17) is 0 Å². The van der Waals surface area contributed by atoms with E-state index in [-0.39, 0.29) is 0 Å². The molecule has 6 nitrogen and oxygen atoms in total. The lowest BCUT2D eigenvalue weighted by Crippen LogP contribution is -2.10. The maximum absolute atomic E-state index is 4.47. The van der Waals surface area contributed by atoms with E-state index in [0.29, 0.717) is 6.54 Å². The molecule has 0 fully saturated rings. The van der Waals surface area contributed by atoms with Crippen LogP contribution >= 0.6 is 0 Å². The quantitative estimate of drug-likeness (QED) is 0.845. The summed E-state index contributed by atoms with van der Waals surface area (Å²) < 4.78 is 1.79. The number of aryl methyl sites for hydroxylation is 2. The summed E-state index contributed by atoms with van der Waals surface area (Å²) in [6.45, 7) is 7.70. The van der Waals surface area contributed by atoms with Gasteiger partial charge < -0.3 is 10.6 Å². The van der Waals surface area contributed by atoms with Gasteiger partial charge in [-0.05, 0) is 20.3 Å². The van der Waals surface area contributed by atoms with Crippen LogP contribution in [-0.4, -0.2) is 26.3 Å². The molecule has 20 heavy (non-hydrogen) atoms. The summed E-state index contributed by atoms with van der Waals surface area (Å²) in [5, 5.41) is 10.9. The Balaban J connectivity index is 2.12. The summed E-state index contributed by atoms with van der Waals surface area (Å²) in [6.07, 6.45) is 4.92. The van der Waals surface area contributed by atoms with Crippen LogP contribution in [0.15, 0.2) is 12.4 Å².